The van der Waals surface area contributed by atoms with Gasteiger partial charge >= 0.3 is 0 Å². The molecule has 0 aromatic rings. The fourth-order valence-corrected chi connectivity index (χ4v) is 4.27. The molecule has 21 heavy (non-hydrogen) atoms. The lowest BCUT2D eigenvalue weighted by atomic mass is 9.72. The number of rotatable bonds is 6. The summed E-state index contributed by atoms with van der Waals surface area (Å²) in [5.41, 5.74) is 0.503. The van der Waals surface area contributed by atoms with Crippen molar-refractivity contribution in [2.45, 2.75) is 71.4 Å². The number of nitrogens with one attached hydrogen (secondary N) is 1. The maximum atomic E-state index is 5.41. The number of nitrogens with zero attached hydrogens (tertiary/aromatic N) is 1. The molecule has 3 heteroatoms. The molecule has 1 saturated carbocycles. The van der Waals surface area contributed by atoms with Gasteiger partial charge in [-0.2, -0.15) is 0 Å². The topological polar surface area (TPSA) is 24.5 Å². The quantitative estimate of drug-likeness (QED) is 0.814. The maximum Gasteiger partial charge on any atom is 0.0502 e. The second-order valence-corrected chi connectivity index (χ2v) is 7.99. The van der Waals surface area contributed by atoms with Crippen molar-refractivity contribution in [2.24, 2.45) is 11.3 Å². The lowest BCUT2D eigenvalue weighted by Crippen LogP contribution is -2.57. The van der Waals surface area contributed by atoms with Crippen LogP contribution in [-0.2, 0) is 4.74 Å². The number of hydrogen-bond donors (Lipinski definition) is 1. The Morgan fingerprint density at radius 2 is 2.10 bits per heavy atom. The predicted molar refractivity (Wildman–Crippen MR) is 89.7 cm³/mol. The van der Waals surface area contributed by atoms with Gasteiger partial charge in [0.1, 0.15) is 0 Å². The van der Waals surface area contributed by atoms with E-state index in [9.17, 15) is 0 Å². The van der Waals surface area contributed by atoms with E-state index in [0.717, 1.165) is 25.1 Å². The molecular weight excluding hydrogens is 260 g/mol. The van der Waals surface area contributed by atoms with Crippen LogP contribution in [-0.4, -0.2) is 50.3 Å². The van der Waals surface area contributed by atoms with E-state index in [2.05, 4.69) is 31.0 Å². The summed E-state index contributed by atoms with van der Waals surface area (Å²) in [6, 6.07) is 1.42. The third-order valence-corrected chi connectivity index (χ3v) is 5.44. The van der Waals surface area contributed by atoms with Crippen LogP contribution in [0.25, 0.3) is 0 Å². The van der Waals surface area contributed by atoms with Gasteiger partial charge in [0, 0.05) is 25.7 Å². The van der Waals surface area contributed by atoms with Gasteiger partial charge in [0.25, 0.3) is 0 Å². The maximum absolute atomic E-state index is 5.41. The summed E-state index contributed by atoms with van der Waals surface area (Å²) in [6.07, 6.45) is 7.95. The Bertz CT molecular complexity index is 304. The van der Waals surface area contributed by atoms with E-state index >= 15 is 0 Å². The summed E-state index contributed by atoms with van der Waals surface area (Å²) < 4.78 is 5.41. The first kappa shape index (κ1) is 17.2. The zero-order chi connectivity index (χ0) is 15.3. The zero-order valence-corrected chi connectivity index (χ0v) is 14.7. The molecule has 2 aliphatic rings. The average molecular weight is 296 g/mol. The van der Waals surface area contributed by atoms with E-state index in [1.807, 2.05) is 7.11 Å². The van der Waals surface area contributed by atoms with Crippen LogP contribution in [0.4, 0.5) is 0 Å². The van der Waals surface area contributed by atoms with Crippen LogP contribution in [0.1, 0.15) is 59.3 Å². The van der Waals surface area contributed by atoms with E-state index in [4.69, 9.17) is 4.74 Å². The Morgan fingerprint density at radius 1 is 1.29 bits per heavy atom. The average Bonchev–Trinajstić information content (AvgIpc) is 2.46. The molecular formula is C18H36N2O. The Labute approximate surface area is 131 Å². The number of ether oxygens (including phenoxy) is 1. The van der Waals surface area contributed by atoms with Crippen LogP contribution in [0.2, 0.25) is 0 Å². The molecule has 0 radical (unpaired) electrons. The summed E-state index contributed by atoms with van der Waals surface area (Å²) in [4.78, 5) is 2.78. The zero-order valence-electron chi connectivity index (χ0n) is 14.7. The molecule has 3 unspecified atom stereocenters. The van der Waals surface area contributed by atoms with Gasteiger partial charge in [-0.25, -0.2) is 0 Å². The van der Waals surface area contributed by atoms with Crippen LogP contribution < -0.4 is 5.32 Å². The van der Waals surface area contributed by atoms with Gasteiger partial charge in [-0.1, -0.05) is 20.8 Å². The number of hydrogen-bond acceptors (Lipinski definition) is 3. The van der Waals surface area contributed by atoms with Crippen LogP contribution in [0.3, 0.4) is 0 Å². The van der Waals surface area contributed by atoms with Gasteiger partial charge in [-0.05, 0) is 62.9 Å². The van der Waals surface area contributed by atoms with E-state index in [1.54, 1.807) is 0 Å². The minimum absolute atomic E-state index is 0.503. The van der Waals surface area contributed by atoms with Crippen LogP contribution in [0.15, 0.2) is 0 Å². The number of piperidine rings is 1. The molecule has 1 heterocycles. The van der Waals surface area contributed by atoms with Gasteiger partial charge in [-0.3, -0.25) is 4.90 Å². The molecule has 2 fully saturated rings. The number of methoxy groups -OCH3 is 1. The summed E-state index contributed by atoms with van der Waals surface area (Å²) >= 11 is 0. The first-order valence-electron chi connectivity index (χ1n) is 9.02. The second kappa shape index (κ2) is 7.94. The van der Waals surface area contributed by atoms with Crippen molar-refractivity contribution in [3.63, 3.8) is 0 Å². The van der Waals surface area contributed by atoms with Crippen molar-refractivity contribution < 1.29 is 4.74 Å². The summed E-state index contributed by atoms with van der Waals surface area (Å²) in [5, 5.41) is 3.83. The van der Waals surface area contributed by atoms with Gasteiger partial charge in [0.2, 0.25) is 0 Å². The highest BCUT2D eigenvalue weighted by Gasteiger charge is 2.39. The van der Waals surface area contributed by atoms with Crippen molar-refractivity contribution >= 4 is 0 Å². The summed E-state index contributed by atoms with van der Waals surface area (Å²) in [7, 11) is 1.84. The Kier molecular flexibility index (Phi) is 6.51. The Balaban J connectivity index is 2.00. The fourth-order valence-electron chi connectivity index (χ4n) is 4.27. The lowest BCUT2D eigenvalue weighted by Gasteiger charge is -2.48. The normalized spacial score (nSPS) is 34.0. The highest BCUT2D eigenvalue weighted by molar-refractivity contribution is 4.95. The van der Waals surface area contributed by atoms with Gasteiger partial charge in [-0.15, -0.1) is 0 Å². The molecule has 0 spiro atoms. The first-order valence-corrected chi connectivity index (χ1v) is 9.02. The van der Waals surface area contributed by atoms with Crippen molar-refractivity contribution in [1.29, 1.82) is 0 Å². The monoisotopic (exact) mass is 296 g/mol. The molecule has 3 atom stereocenters. The third-order valence-electron chi connectivity index (χ3n) is 5.44. The van der Waals surface area contributed by atoms with Crippen LogP contribution >= 0.6 is 0 Å². The lowest BCUT2D eigenvalue weighted by molar-refractivity contribution is 0.0186. The second-order valence-electron chi connectivity index (χ2n) is 7.99. The summed E-state index contributed by atoms with van der Waals surface area (Å²) in [5.74, 6) is 0.737. The molecule has 1 aliphatic carbocycles. The standard InChI is InChI=1S/C18H36N2O/c1-5-10-19-16-8-9-18(2,3)12-17(16)20-11-6-7-15(13-20)14-21-4/h15-17,19H,5-14H2,1-4H3. The molecule has 0 bridgehead atoms. The molecule has 3 nitrogen and oxygen atoms in total. The van der Waals surface area contributed by atoms with E-state index in [1.165, 1.54) is 51.6 Å². The smallest absolute Gasteiger partial charge is 0.0502 e. The van der Waals surface area contributed by atoms with E-state index in [-0.39, 0.29) is 0 Å². The Hall–Kier alpha value is -0.120. The van der Waals surface area contributed by atoms with Crippen molar-refractivity contribution in [2.75, 3.05) is 33.4 Å². The van der Waals surface area contributed by atoms with Crippen molar-refractivity contribution in [3.05, 3.63) is 0 Å². The molecule has 2 rings (SSSR count). The minimum Gasteiger partial charge on any atom is -0.384 e. The van der Waals surface area contributed by atoms with E-state index in [0.29, 0.717) is 11.5 Å². The Morgan fingerprint density at radius 3 is 2.81 bits per heavy atom. The van der Waals surface area contributed by atoms with Crippen LogP contribution in [0, 0.1) is 11.3 Å². The van der Waals surface area contributed by atoms with Crippen LogP contribution in [0.5, 0.6) is 0 Å². The largest absolute Gasteiger partial charge is 0.384 e. The molecule has 0 aromatic heterocycles. The van der Waals surface area contributed by atoms with Crippen molar-refractivity contribution in [1.82, 2.24) is 10.2 Å². The van der Waals surface area contributed by atoms with E-state index < -0.39 is 0 Å². The first-order chi connectivity index (χ1) is 10.1. The minimum atomic E-state index is 0.503. The highest BCUT2D eigenvalue weighted by Crippen LogP contribution is 2.38. The molecule has 1 saturated heterocycles. The molecule has 124 valence electrons. The number of likely N-dealkylation sites (tertiary alicyclic amines) is 1. The molecule has 0 aromatic carbocycles. The predicted octanol–water partition coefficient (Wildman–Crippen LogP) is 3.29. The fraction of sp³-hybridized carbons (Fsp3) is 1.00. The van der Waals surface area contributed by atoms with Gasteiger partial charge in [0.05, 0.1) is 6.61 Å². The molecule has 1 N–H and O–H groups in total. The SMILES string of the molecule is CCCNC1CCC(C)(C)CC1N1CCCC(COC)C1. The highest BCUT2D eigenvalue weighted by atomic mass is 16.5. The summed E-state index contributed by atoms with van der Waals surface area (Å²) in [6.45, 7) is 11.8. The third kappa shape index (κ3) is 4.94. The van der Waals surface area contributed by atoms with Gasteiger partial charge in [0.15, 0.2) is 0 Å². The van der Waals surface area contributed by atoms with Gasteiger partial charge < -0.3 is 10.1 Å². The molecule has 0 amide bonds. The molecule has 1 aliphatic heterocycles. The van der Waals surface area contributed by atoms with Crippen molar-refractivity contribution in [3.8, 4) is 0 Å².